The number of benzene rings is 2. The number of piperidine rings is 1. The molecule has 2 heterocycles. The SMILES string of the molecule is COc1ccc(C(=O)N2CCC(C(=O)N3CCc4ccccc4C3)CC2)cc1OC. The molecule has 6 nitrogen and oxygen atoms in total. The molecule has 0 aliphatic carbocycles. The van der Waals surface area contributed by atoms with Crippen molar-refractivity contribution >= 4 is 11.8 Å². The molecule has 0 atom stereocenters. The van der Waals surface area contributed by atoms with E-state index in [1.54, 1.807) is 32.4 Å². The summed E-state index contributed by atoms with van der Waals surface area (Å²) in [5.41, 5.74) is 3.17. The number of hydrogen-bond donors (Lipinski definition) is 0. The number of hydrogen-bond acceptors (Lipinski definition) is 4. The summed E-state index contributed by atoms with van der Waals surface area (Å²) in [5, 5.41) is 0. The Morgan fingerprint density at radius 2 is 1.57 bits per heavy atom. The highest BCUT2D eigenvalue weighted by molar-refractivity contribution is 5.95. The van der Waals surface area contributed by atoms with E-state index in [0.29, 0.717) is 49.5 Å². The van der Waals surface area contributed by atoms with E-state index in [1.165, 1.54) is 11.1 Å². The number of carbonyl (C=O) groups excluding carboxylic acids is 2. The average molecular weight is 408 g/mol. The Morgan fingerprint density at radius 3 is 2.27 bits per heavy atom. The number of ether oxygens (including phenoxy) is 2. The van der Waals surface area contributed by atoms with E-state index in [4.69, 9.17) is 9.47 Å². The fourth-order valence-electron chi connectivity index (χ4n) is 4.42. The summed E-state index contributed by atoms with van der Waals surface area (Å²) in [6.45, 7) is 2.66. The van der Waals surface area contributed by atoms with E-state index in [9.17, 15) is 9.59 Å². The highest BCUT2D eigenvalue weighted by Gasteiger charge is 2.32. The summed E-state index contributed by atoms with van der Waals surface area (Å²) < 4.78 is 10.6. The molecule has 4 rings (SSSR count). The van der Waals surface area contributed by atoms with Gasteiger partial charge in [-0.05, 0) is 48.6 Å². The molecular formula is C24H28N2O4. The lowest BCUT2D eigenvalue weighted by molar-refractivity contribution is -0.137. The number of rotatable bonds is 4. The second kappa shape index (κ2) is 8.78. The van der Waals surface area contributed by atoms with Gasteiger partial charge < -0.3 is 19.3 Å². The number of amides is 2. The van der Waals surface area contributed by atoms with Crippen LogP contribution in [0.2, 0.25) is 0 Å². The van der Waals surface area contributed by atoms with Crippen LogP contribution in [0.4, 0.5) is 0 Å². The third kappa shape index (κ3) is 3.99. The topological polar surface area (TPSA) is 59.1 Å². The summed E-state index contributed by atoms with van der Waals surface area (Å²) in [7, 11) is 3.13. The van der Waals surface area contributed by atoms with Crippen LogP contribution in [0.25, 0.3) is 0 Å². The van der Waals surface area contributed by atoms with Gasteiger partial charge in [0.05, 0.1) is 14.2 Å². The third-order valence-corrected chi connectivity index (χ3v) is 6.20. The first-order chi connectivity index (χ1) is 14.6. The largest absolute Gasteiger partial charge is 0.493 e. The number of fused-ring (bicyclic) bond motifs is 1. The van der Waals surface area contributed by atoms with E-state index in [2.05, 4.69) is 18.2 Å². The van der Waals surface area contributed by atoms with E-state index in [1.807, 2.05) is 15.9 Å². The zero-order valence-corrected chi connectivity index (χ0v) is 17.6. The van der Waals surface area contributed by atoms with E-state index in [0.717, 1.165) is 13.0 Å². The maximum absolute atomic E-state index is 13.1. The molecule has 0 N–H and O–H groups in total. The number of nitrogens with zero attached hydrogens (tertiary/aromatic N) is 2. The van der Waals surface area contributed by atoms with Gasteiger partial charge in [-0.15, -0.1) is 0 Å². The second-order valence-electron chi connectivity index (χ2n) is 7.91. The van der Waals surface area contributed by atoms with Crippen molar-refractivity contribution in [1.29, 1.82) is 0 Å². The fourth-order valence-corrected chi connectivity index (χ4v) is 4.42. The smallest absolute Gasteiger partial charge is 0.253 e. The molecule has 2 aliphatic rings. The normalized spacial score (nSPS) is 16.7. The minimum absolute atomic E-state index is 0.00952. The van der Waals surface area contributed by atoms with Crippen molar-refractivity contribution < 1.29 is 19.1 Å². The van der Waals surface area contributed by atoms with Gasteiger partial charge in [0.25, 0.3) is 5.91 Å². The van der Waals surface area contributed by atoms with Crippen LogP contribution in [0, 0.1) is 5.92 Å². The molecule has 30 heavy (non-hydrogen) atoms. The van der Waals surface area contributed by atoms with E-state index < -0.39 is 0 Å². The minimum Gasteiger partial charge on any atom is -0.493 e. The van der Waals surface area contributed by atoms with Crippen molar-refractivity contribution in [3.8, 4) is 11.5 Å². The molecule has 0 saturated carbocycles. The highest BCUT2D eigenvalue weighted by atomic mass is 16.5. The summed E-state index contributed by atoms with van der Waals surface area (Å²) >= 11 is 0. The molecule has 2 aliphatic heterocycles. The number of carbonyl (C=O) groups is 2. The first-order valence-electron chi connectivity index (χ1n) is 10.5. The van der Waals surface area contributed by atoms with Gasteiger partial charge in [0.15, 0.2) is 11.5 Å². The Morgan fingerprint density at radius 1 is 0.867 bits per heavy atom. The van der Waals surface area contributed by atoms with Crippen LogP contribution in [-0.4, -0.2) is 55.5 Å². The van der Waals surface area contributed by atoms with Crippen LogP contribution < -0.4 is 9.47 Å². The Kier molecular flexibility index (Phi) is 5.93. The van der Waals surface area contributed by atoms with Crippen LogP contribution in [0.5, 0.6) is 11.5 Å². The molecule has 2 aromatic carbocycles. The molecule has 2 aromatic rings. The van der Waals surface area contributed by atoms with Crippen molar-refractivity contribution in [2.45, 2.75) is 25.8 Å². The van der Waals surface area contributed by atoms with Gasteiger partial charge in [-0.2, -0.15) is 0 Å². The van der Waals surface area contributed by atoms with Gasteiger partial charge in [0, 0.05) is 37.7 Å². The van der Waals surface area contributed by atoms with Crippen LogP contribution >= 0.6 is 0 Å². The zero-order valence-electron chi connectivity index (χ0n) is 17.6. The number of likely N-dealkylation sites (tertiary alicyclic amines) is 1. The molecule has 0 spiro atoms. The van der Waals surface area contributed by atoms with Crippen LogP contribution in [0.1, 0.15) is 34.3 Å². The molecule has 6 heteroatoms. The highest BCUT2D eigenvalue weighted by Crippen LogP contribution is 2.29. The quantitative estimate of drug-likeness (QED) is 0.780. The van der Waals surface area contributed by atoms with Gasteiger partial charge in [0.1, 0.15) is 0 Å². The lowest BCUT2D eigenvalue weighted by atomic mass is 9.92. The predicted octanol–water partition coefficient (Wildman–Crippen LogP) is 3.14. The summed E-state index contributed by atoms with van der Waals surface area (Å²) in [6, 6.07) is 13.6. The molecule has 1 fully saturated rings. The molecule has 0 aromatic heterocycles. The molecule has 0 radical (unpaired) electrons. The molecule has 158 valence electrons. The van der Waals surface area contributed by atoms with Gasteiger partial charge in [-0.25, -0.2) is 0 Å². The summed E-state index contributed by atoms with van der Waals surface area (Å²) in [4.78, 5) is 29.8. The third-order valence-electron chi connectivity index (χ3n) is 6.20. The van der Waals surface area contributed by atoms with Crippen molar-refractivity contribution in [3.63, 3.8) is 0 Å². The van der Waals surface area contributed by atoms with Gasteiger partial charge in [-0.1, -0.05) is 24.3 Å². The van der Waals surface area contributed by atoms with Gasteiger partial charge >= 0.3 is 0 Å². The maximum atomic E-state index is 13.1. The van der Waals surface area contributed by atoms with Crippen molar-refractivity contribution in [3.05, 3.63) is 59.2 Å². The lowest BCUT2D eigenvalue weighted by Gasteiger charge is -2.36. The zero-order chi connectivity index (χ0) is 21.1. The fraction of sp³-hybridized carbons (Fsp3) is 0.417. The maximum Gasteiger partial charge on any atom is 0.253 e. The number of methoxy groups -OCH3 is 2. The first-order valence-corrected chi connectivity index (χ1v) is 10.5. The predicted molar refractivity (Wildman–Crippen MR) is 114 cm³/mol. The Labute approximate surface area is 177 Å². The molecule has 2 amide bonds. The first kappa shape index (κ1) is 20.3. The van der Waals surface area contributed by atoms with Crippen LogP contribution in [0.15, 0.2) is 42.5 Å². The molecular weight excluding hydrogens is 380 g/mol. The summed E-state index contributed by atoms with van der Waals surface area (Å²) in [5.74, 6) is 1.32. The van der Waals surface area contributed by atoms with Crippen molar-refractivity contribution in [2.75, 3.05) is 33.9 Å². The average Bonchev–Trinajstić information content (AvgIpc) is 2.82. The Balaban J connectivity index is 1.36. The molecule has 1 saturated heterocycles. The van der Waals surface area contributed by atoms with Crippen molar-refractivity contribution in [1.82, 2.24) is 9.80 Å². The van der Waals surface area contributed by atoms with Gasteiger partial charge in [-0.3, -0.25) is 9.59 Å². The van der Waals surface area contributed by atoms with Gasteiger partial charge in [0.2, 0.25) is 5.91 Å². The monoisotopic (exact) mass is 408 g/mol. The summed E-state index contributed by atoms with van der Waals surface area (Å²) in [6.07, 6.45) is 2.32. The Bertz CT molecular complexity index is 935. The van der Waals surface area contributed by atoms with Crippen LogP contribution in [-0.2, 0) is 17.8 Å². The van der Waals surface area contributed by atoms with Crippen molar-refractivity contribution in [2.24, 2.45) is 5.92 Å². The van der Waals surface area contributed by atoms with E-state index in [-0.39, 0.29) is 17.7 Å². The lowest BCUT2D eigenvalue weighted by Crippen LogP contribution is -2.45. The molecule has 0 bridgehead atoms. The van der Waals surface area contributed by atoms with Crippen LogP contribution in [0.3, 0.4) is 0 Å². The second-order valence-corrected chi connectivity index (χ2v) is 7.91. The Hall–Kier alpha value is -3.02. The van der Waals surface area contributed by atoms with E-state index >= 15 is 0 Å². The molecule has 0 unspecified atom stereocenters. The standard InChI is InChI=1S/C24H28N2O4/c1-29-21-8-7-19(15-22(21)30-2)24(28)25-12-10-18(11-13-25)23(27)26-14-9-17-5-3-4-6-20(17)16-26/h3-8,15,18H,9-14,16H2,1-2H3. The minimum atomic E-state index is -0.0336.